The zero-order chi connectivity index (χ0) is 13.7. The molecule has 104 valence electrons. The van der Waals surface area contributed by atoms with Crippen LogP contribution in [0.25, 0.3) is 0 Å². The highest BCUT2D eigenvalue weighted by Crippen LogP contribution is 2.19. The summed E-state index contributed by atoms with van der Waals surface area (Å²) in [6, 6.07) is -0.557. The second-order valence-electron chi connectivity index (χ2n) is 5.29. The summed E-state index contributed by atoms with van der Waals surface area (Å²) in [4.78, 5) is 23.6. The monoisotopic (exact) mass is 257 g/mol. The van der Waals surface area contributed by atoms with E-state index >= 15 is 0 Å². The maximum atomic E-state index is 12.0. The van der Waals surface area contributed by atoms with E-state index in [0.29, 0.717) is 25.4 Å². The number of carbonyl (C=O) groups excluding carboxylic acids is 2. The van der Waals surface area contributed by atoms with Gasteiger partial charge in [-0.1, -0.05) is 13.8 Å². The van der Waals surface area contributed by atoms with Crippen LogP contribution in [0, 0.1) is 11.8 Å². The summed E-state index contributed by atoms with van der Waals surface area (Å²) in [5.74, 6) is -0.341. The molecule has 0 aliphatic carbocycles. The molecule has 1 heterocycles. The highest BCUT2D eigenvalue weighted by Gasteiger charge is 2.31. The topological polar surface area (TPSA) is 64.6 Å². The van der Waals surface area contributed by atoms with Crippen LogP contribution >= 0.6 is 0 Å². The van der Waals surface area contributed by atoms with Gasteiger partial charge in [0.1, 0.15) is 6.04 Å². The minimum Gasteiger partial charge on any atom is -0.467 e. The molecule has 1 aliphatic heterocycles. The van der Waals surface area contributed by atoms with Crippen LogP contribution in [0.3, 0.4) is 0 Å². The molecule has 0 bridgehead atoms. The quantitative estimate of drug-likeness (QED) is 0.749. The minimum atomic E-state index is -0.557. The van der Waals surface area contributed by atoms with Gasteiger partial charge in [-0.05, 0) is 25.7 Å². The average molecular weight is 257 g/mol. The van der Waals surface area contributed by atoms with Gasteiger partial charge >= 0.3 is 5.97 Å². The Morgan fingerprint density at radius 1 is 1.44 bits per heavy atom. The number of ether oxygens (including phenoxy) is 2. The van der Waals surface area contributed by atoms with Crippen molar-refractivity contribution in [2.45, 2.75) is 45.8 Å². The van der Waals surface area contributed by atoms with Gasteiger partial charge in [0.15, 0.2) is 0 Å². The van der Waals surface area contributed by atoms with Crippen LogP contribution in [0.5, 0.6) is 0 Å². The summed E-state index contributed by atoms with van der Waals surface area (Å²) in [5, 5.41) is 2.77. The molecule has 0 spiro atoms. The Kier molecular flexibility index (Phi) is 5.59. The molecule has 5 nitrogen and oxygen atoms in total. The van der Waals surface area contributed by atoms with Crippen LogP contribution in [0.1, 0.15) is 33.6 Å². The van der Waals surface area contributed by atoms with Gasteiger partial charge in [0.05, 0.1) is 25.7 Å². The number of amides is 1. The molecule has 0 aromatic rings. The van der Waals surface area contributed by atoms with Gasteiger partial charge < -0.3 is 14.8 Å². The fourth-order valence-electron chi connectivity index (χ4n) is 2.12. The van der Waals surface area contributed by atoms with Gasteiger partial charge in [0.2, 0.25) is 5.91 Å². The number of hydrogen-bond donors (Lipinski definition) is 1. The molecule has 3 atom stereocenters. The Balaban J connectivity index is 2.54. The van der Waals surface area contributed by atoms with Crippen LogP contribution in [-0.4, -0.2) is 37.7 Å². The van der Waals surface area contributed by atoms with Crippen LogP contribution in [0.4, 0.5) is 0 Å². The fraction of sp³-hybridized carbons (Fsp3) is 0.846. The Labute approximate surface area is 108 Å². The number of carbonyl (C=O) groups is 2. The van der Waals surface area contributed by atoms with Gasteiger partial charge in [-0.3, -0.25) is 4.79 Å². The summed E-state index contributed by atoms with van der Waals surface area (Å²) in [5.41, 5.74) is 0. The van der Waals surface area contributed by atoms with E-state index in [1.807, 2.05) is 20.8 Å². The fourth-order valence-corrected chi connectivity index (χ4v) is 2.12. The molecule has 1 amide bonds. The van der Waals surface area contributed by atoms with Crippen LogP contribution in [0.2, 0.25) is 0 Å². The Bertz CT molecular complexity index is 303. The lowest BCUT2D eigenvalue weighted by molar-refractivity contribution is -0.146. The highest BCUT2D eigenvalue weighted by atomic mass is 16.5. The highest BCUT2D eigenvalue weighted by molar-refractivity contribution is 5.85. The van der Waals surface area contributed by atoms with Crippen molar-refractivity contribution < 1.29 is 19.1 Å². The van der Waals surface area contributed by atoms with E-state index in [2.05, 4.69) is 5.32 Å². The summed E-state index contributed by atoms with van der Waals surface area (Å²) in [6.07, 6.45) is 1.41. The predicted molar refractivity (Wildman–Crippen MR) is 66.9 cm³/mol. The van der Waals surface area contributed by atoms with Crippen molar-refractivity contribution in [1.29, 1.82) is 0 Å². The maximum absolute atomic E-state index is 12.0. The molecule has 1 aliphatic rings. The minimum absolute atomic E-state index is 0.113. The van der Waals surface area contributed by atoms with E-state index in [9.17, 15) is 9.59 Å². The molecule has 18 heavy (non-hydrogen) atoms. The first-order valence-electron chi connectivity index (χ1n) is 6.43. The largest absolute Gasteiger partial charge is 0.467 e. The van der Waals surface area contributed by atoms with E-state index in [1.165, 1.54) is 7.11 Å². The first-order valence-corrected chi connectivity index (χ1v) is 6.43. The third-order valence-electron chi connectivity index (χ3n) is 3.08. The van der Waals surface area contributed by atoms with Gasteiger partial charge in [0, 0.05) is 0 Å². The zero-order valence-electron chi connectivity index (χ0n) is 11.6. The molecular weight excluding hydrogens is 234 g/mol. The lowest BCUT2D eigenvalue weighted by Crippen LogP contribution is -2.45. The summed E-state index contributed by atoms with van der Waals surface area (Å²) < 4.78 is 10.1. The van der Waals surface area contributed by atoms with Crippen LogP contribution in [0.15, 0.2) is 0 Å². The Morgan fingerprint density at radius 2 is 2.11 bits per heavy atom. The summed E-state index contributed by atoms with van der Waals surface area (Å²) in [6.45, 7) is 6.38. The van der Waals surface area contributed by atoms with E-state index in [1.54, 1.807) is 0 Å². The molecule has 1 fully saturated rings. The van der Waals surface area contributed by atoms with Crippen LogP contribution < -0.4 is 5.32 Å². The lowest BCUT2D eigenvalue weighted by atomic mass is 10.0. The second-order valence-corrected chi connectivity index (χ2v) is 5.29. The zero-order valence-corrected chi connectivity index (χ0v) is 11.6. The third kappa shape index (κ3) is 4.29. The third-order valence-corrected chi connectivity index (χ3v) is 3.08. The summed E-state index contributed by atoms with van der Waals surface area (Å²) >= 11 is 0. The van der Waals surface area contributed by atoms with Crippen LogP contribution in [-0.2, 0) is 19.1 Å². The average Bonchev–Trinajstić information content (AvgIpc) is 2.73. The number of rotatable bonds is 5. The molecular formula is C13H23NO4. The van der Waals surface area contributed by atoms with Gasteiger partial charge in [-0.25, -0.2) is 4.79 Å². The molecule has 1 saturated heterocycles. The van der Waals surface area contributed by atoms with E-state index in [4.69, 9.17) is 9.47 Å². The Hall–Kier alpha value is -1.10. The number of esters is 1. The number of nitrogens with one attached hydrogen (secondary N) is 1. The Morgan fingerprint density at radius 3 is 2.56 bits per heavy atom. The van der Waals surface area contributed by atoms with Gasteiger partial charge in [-0.2, -0.15) is 0 Å². The van der Waals surface area contributed by atoms with Crippen molar-refractivity contribution in [2.24, 2.45) is 11.8 Å². The van der Waals surface area contributed by atoms with E-state index in [0.717, 1.165) is 0 Å². The molecule has 0 aromatic carbocycles. The molecule has 0 radical (unpaired) electrons. The second kappa shape index (κ2) is 6.73. The van der Waals surface area contributed by atoms with Crippen molar-refractivity contribution >= 4 is 11.9 Å². The maximum Gasteiger partial charge on any atom is 0.328 e. The van der Waals surface area contributed by atoms with Crippen molar-refractivity contribution in [3.05, 3.63) is 0 Å². The van der Waals surface area contributed by atoms with Crippen molar-refractivity contribution in [1.82, 2.24) is 5.32 Å². The van der Waals surface area contributed by atoms with Gasteiger partial charge in [-0.15, -0.1) is 0 Å². The lowest BCUT2D eigenvalue weighted by Gasteiger charge is -2.19. The standard InChI is InChI=1S/C13H23NO4/c1-8(2)5-11(13(16)17-4)14-12(15)10-6-9(3)18-7-10/h8-11H,5-7H2,1-4H3,(H,14,15). The predicted octanol–water partition coefficient (Wildman–Crippen LogP) is 1.12. The van der Waals surface area contributed by atoms with Gasteiger partial charge in [0.25, 0.3) is 0 Å². The van der Waals surface area contributed by atoms with Crippen molar-refractivity contribution in [2.75, 3.05) is 13.7 Å². The molecule has 5 heteroatoms. The molecule has 1 rings (SSSR count). The number of methoxy groups -OCH3 is 1. The van der Waals surface area contributed by atoms with Crippen molar-refractivity contribution in [3.8, 4) is 0 Å². The molecule has 0 saturated carbocycles. The van der Waals surface area contributed by atoms with Crippen molar-refractivity contribution in [3.63, 3.8) is 0 Å². The number of hydrogen-bond acceptors (Lipinski definition) is 4. The normalized spacial score (nSPS) is 24.9. The van der Waals surface area contributed by atoms with E-state index < -0.39 is 6.04 Å². The molecule has 0 aromatic heterocycles. The first kappa shape index (κ1) is 15.0. The SMILES string of the molecule is COC(=O)C(CC(C)C)NC(=O)C1COC(C)C1. The molecule has 3 unspecified atom stereocenters. The smallest absolute Gasteiger partial charge is 0.328 e. The van der Waals surface area contributed by atoms with E-state index in [-0.39, 0.29) is 23.9 Å². The molecule has 1 N–H and O–H groups in total. The first-order chi connectivity index (χ1) is 8.43. The summed E-state index contributed by atoms with van der Waals surface area (Å²) in [7, 11) is 1.34.